The largest absolute Gasteiger partial charge is 0.433 e. The summed E-state index contributed by atoms with van der Waals surface area (Å²) < 4.78 is 62.9. The normalized spacial score (nSPS) is 11.9. The second-order valence-electron chi connectivity index (χ2n) is 3.77. The van der Waals surface area contributed by atoms with Crippen LogP contribution in [-0.4, -0.2) is 13.4 Å². The topological polar surface area (TPSA) is 82.8 Å². The number of aromatic nitrogens is 1. The first-order valence-corrected chi connectivity index (χ1v) is 7.58. The van der Waals surface area contributed by atoms with Crippen LogP contribution in [0.1, 0.15) is 10.6 Å². The van der Waals surface area contributed by atoms with Crippen molar-refractivity contribution in [1.82, 2.24) is 4.98 Å². The first kappa shape index (κ1) is 15.3. The quantitative estimate of drug-likeness (QED) is 0.936. The van der Waals surface area contributed by atoms with Crippen LogP contribution < -0.4 is 4.72 Å². The predicted octanol–water partition coefficient (Wildman–Crippen LogP) is 2.83. The Bertz CT molecular complexity index is 789. The molecule has 0 fully saturated rings. The molecule has 0 bridgehead atoms. The van der Waals surface area contributed by atoms with Gasteiger partial charge in [-0.15, -0.1) is 11.3 Å². The molecule has 2 aromatic heterocycles. The summed E-state index contributed by atoms with van der Waals surface area (Å²) in [5, 5.41) is 8.64. The smallest absolute Gasteiger partial charge is 0.277 e. The van der Waals surface area contributed by atoms with Crippen molar-refractivity contribution in [2.75, 3.05) is 4.72 Å². The lowest BCUT2D eigenvalue weighted by molar-refractivity contribution is -0.141. The van der Waals surface area contributed by atoms with Crippen LogP contribution in [0.15, 0.2) is 34.7 Å². The Labute approximate surface area is 121 Å². The van der Waals surface area contributed by atoms with E-state index in [1.165, 1.54) is 12.1 Å². The average molecular weight is 333 g/mol. The number of halogens is 3. The van der Waals surface area contributed by atoms with E-state index in [-0.39, 0.29) is 14.8 Å². The Morgan fingerprint density at radius 2 is 1.95 bits per heavy atom. The molecule has 10 heteroatoms. The Kier molecular flexibility index (Phi) is 3.89. The Morgan fingerprint density at radius 1 is 1.24 bits per heavy atom. The number of nitrogens with one attached hydrogen (secondary N) is 1. The number of alkyl halides is 3. The molecule has 0 aromatic carbocycles. The second-order valence-corrected chi connectivity index (χ2v) is 6.76. The van der Waals surface area contributed by atoms with Crippen molar-refractivity contribution < 1.29 is 21.6 Å². The van der Waals surface area contributed by atoms with Gasteiger partial charge >= 0.3 is 6.18 Å². The van der Waals surface area contributed by atoms with Crippen LogP contribution in [0.5, 0.6) is 0 Å². The van der Waals surface area contributed by atoms with Gasteiger partial charge < -0.3 is 0 Å². The monoisotopic (exact) mass is 333 g/mol. The number of nitrogens with zero attached hydrogens (tertiary/aromatic N) is 2. The number of hydrogen-bond donors (Lipinski definition) is 1. The highest BCUT2D eigenvalue weighted by molar-refractivity contribution is 7.94. The van der Waals surface area contributed by atoms with Crippen LogP contribution in [0.25, 0.3) is 0 Å². The van der Waals surface area contributed by atoms with Crippen molar-refractivity contribution in [2.45, 2.75) is 10.4 Å². The first-order valence-electron chi connectivity index (χ1n) is 5.28. The average Bonchev–Trinajstić information content (AvgIpc) is 2.87. The summed E-state index contributed by atoms with van der Waals surface area (Å²) in [5.41, 5.74) is -1.22. The third kappa shape index (κ3) is 3.50. The molecule has 2 rings (SSSR count). The molecule has 0 radical (unpaired) electrons. The number of pyridine rings is 1. The predicted molar refractivity (Wildman–Crippen MR) is 69.1 cm³/mol. The summed E-state index contributed by atoms with van der Waals surface area (Å²) in [5.74, 6) is 0. The minimum atomic E-state index is -4.59. The van der Waals surface area contributed by atoms with Gasteiger partial charge in [0.15, 0.2) is 0 Å². The van der Waals surface area contributed by atoms with Crippen LogP contribution in [0.2, 0.25) is 0 Å². The second kappa shape index (κ2) is 5.34. The van der Waals surface area contributed by atoms with Crippen LogP contribution in [-0.2, 0) is 16.2 Å². The molecule has 5 nitrogen and oxygen atoms in total. The lowest BCUT2D eigenvalue weighted by Crippen LogP contribution is -2.13. The van der Waals surface area contributed by atoms with E-state index in [9.17, 15) is 21.6 Å². The van der Waals surface area contributed by atoms with Gasteiger partial charge in [0.1, 0.15) is 20.8 Å². The number of hydrogen-bond acceptors (Lipinski definition) is 5. The van der Waals surface area contributed by atoms with Gasteiger partial charge in [0.2, 0.25) is 0 Å². The number of sulfonamides is 1. The van der Waals surface area contributed by atoms with E-state index in [2.05, 4.69) is 9.71 Å². The molecule has 0 aliphatic rings. The van der Waals surface area contributed by atoms with Crippen LogP contribution in [0.3, 0.4) is 0 Å². The third-order valence-corrected chi connectivity index (χ3v) is 5.13. The molecule has 0 aliphatic heterocycles. The van der Waals surface area contributed by atoms with Crippen LogP contribution in [0, 0.1) is 11.3 Å². The fourth-order valence-electron chi connectivity index (χ4n) is 1.35. The minimum absolute atomic E-state index is 0.102. The fourth-order valence-corrected chi connectivity index (χ4v) is 3.50. The zero-order valence-corrected chi connectivity index (χ0v) is 11.7. The van der Waals surface area contributed by atoms with Crippen LogP contribution >= 0.6 is 11.3 Å². The van der Waals surface area contributed by atoms with Crippen molar-refractivity contribution in [3.63, 3.8) is 0 Å². The van der Waals surface area contributed by atoms with Crippen molar-refractivity contribution >= 4 is 27.0 Å². The fraction of sp³-hybridized carbons (Fsp3) is 0.0909. The van der Waals surface area contributed by atoms with Gasteiger partial charge in [0.25, 0.3) is 10.0 Å². The maximum atomic E-state index is 12.3. The zero-order chi connectivity index (χ0) is 15.7. The van der Waals surface area contributed by atoms with Crippen molar-refractivity contribution in [3.05, 3.63) is 41.0 Å². The highest BCUT2D eigenvalue weighted by Gasteiger charge is 2.32. The third-order valence-electron chi connectivity index (χ3n) is 2.26. The highest BCUT2D eigenvalue weighted by atomic mass is 32.2. The van der Waals surface area contributed by atoms with Crippen molar-refractivity contribution in [1.29, 1.82) is 5.26 Å². The number of anilines is 1. The van der Waals surface area contributed by atoms with E-state index in [1.807, 2.05) is 0 Å². The van der Waals surface area contributed by atoms with E-state index < -0.39 is 21.9 Å². The molecule has 0 spiro atoms. The number of nitriles is 1. The summed E-state index contributed by atoms with van der Waals surface area (Å²) in [6.45, 7) is 0. The molecular weight excluding hydrogens is 327 g/mol. The van der Waals surface area contributed by atoms with Crippen molar-refractivity contribution in [3.8, 4) is 6.07 Å². The Morgan fingerprint density at radius 3 is 2.43 bits per heavy atom. The summed E-state index contributed by atoms with van der Waals surface area (Å²) in [6.07, 6.45) is -3.81. The molecular formula is C11H6F3N3O2S2. The van der Waals surface area contributed by atoms with Gasteiger partial charge in [0, 0.05) is 0 Å². The van der Waals surface area contributed by atoms with Crippen LogP contribution in [0.4, 0.5) is 18.9 Å². The minimum Gasteiger partial charge on any atom is -0.277 e. The molecule has 2 aromatic rings. The molecule has 110 valence electrons. The number of thiophene rings is 1. The molecule has 0 aliphatic carbocycles. The molecule has 1 N–H and O–H groups in total. The van der Waals surface area contributed by atoms with Gasteiger partial charge in [-0.25, -0.2) is 13.4 Å². The number of rotatable bonds is 3. The SMILES string of the molecule is N#Cc1ccc(S(=O)(=O)Nc2ccc(C(F)(F)F)nc2)s1. The van der Waals surface area contributed by atoms with Gasteiger partial charge in [-0.1, -0.05) is 0 Å². The molecule has 0 saturated carbocycles. The molecule has 21 heavy (non-hydrogen) atoms. The zero-order valence-electron chi connectivity index (χ0n) is 10.0. The Hall–Kier alpha value is -2.12. The summed E-state index contributed by atoms with van der Waals surface area (Å²) in [6, 6.07) is 6.01. The lowest BCUT2D eigenvalue weighted by Gasteiger charge is -2.08. The Balaban J connectivity index is 2.23. The van der Waals surface area contributed by atoms with Gasteiger partial charge in [-0.2, -0.15) is 18.4 Å². The molecule has 2 heterocycles. The molecule has 0 unspecified atom stereocenters. The summed E-state index contributed by atoms with van der Waals surface area (Å²) in [7, 11) is -3.95. The highest BCUT2D eigenvalue weighted by Crippen LogP contribution is 2.28. The van der Waals surface area contributed by atoms with Crippen molar-refractivity contribution in [2.24, 2.45) is 0 Å². The molecule has 0 saturated heterocycles. The van der Waals surface area contributed by atoms with E-state index >= 15 is 0 Å². The summed E-state index contributed by atoms with van der Waals surface area (Å²) in [4.78, 5) is 3.36. The lowest BCUT2D eigenvalue weighted by atomic mass is 10.3. The standard InChI is InChI=1S/C11H6F3N3O2S2/c12-11(13,14)9-3-1-7(6-16-9)17-21(18,19)10-4-2-8(5-15)20-10/h1-4,6,17H. The molecule has 0 amide bonds. The van der Waals surface area contributed by atoms with Gasteiger partial charge in [0.05, 0.1) is 11.9 Å². The molecule has 0 atom stereocenters. The van der Waals surface area contributed by atoms with E-state index in [0.717, 1.165) is 23.6 Å². The van der Waals surface area contributed by atoms with Gasteiger partial charge in [-0.05, 0) is 24.3 Å². The summed E-state index contributed by atoms with van der Waals surface area (Å²) >= 11 is 0.754. The maximum absolute atomic E-state index is 12.3. The van der Waals surface area contributed by atoms with Gasteiger partial charge in [-0.3, -0.25) is 4.72 Å². The van der Waals surface area contributed by atoms with E-state index in [0.29, 0.717) is 6.07 Å². The van der Waals surface area contributed by atoms with E-state index in [4.69, 9.17) is 5.26 Å². The van der Waals surface area contributed by atoms with E-state index in [1.54, 1.807) is 6.07 Å². The maximum Gasteiger partial charge on any atom is 0.433 e. The first-order chi connectivity index (χ1) is 9.72.